The summed E-state index contributed by atoms with van der Waals surface area (Å²) in [5.74, 6) is 0.838. The van der Waals surface area contributed by atoms with Crippen LogP contribution in [0, 0.1) is 0 Å². The van der Waals surface area contributed by atoms with E-state index in [9.17, 15) is 4.79 Å². The molecule has 22 heavy (non-hydrogen) atoms. The van der Waals surface area contributed by atoms with Gasteiger partial charge in [0, 0.05) is 19.6 Å². The Morgan fingerprint density at radius 1 is 1.36 bits per heavy atom. The molecule has 1 aliphatic heterocycles. The van der Waals surface area contributed by atoms with Gasteiger partial charge in [-0.3, -0.25) is 0 Å². The van der Waals surface area contributed by atoms with Crippen LogP contribution in [0.3, 0.4) is 0 Å². The Labute approximate surface area is 140 Å². The molecule has 122 valence electrons. The summed E-state index contributed by atoms with van der Waals surface area (Å²) in [7, 11) is 0. The Hall–Kier alpha value is -1.37. The number of aromatic nitrogens is 2. The third kappa shape index (κ3) is 4.32. The van der Waals surface area contributed by atoms with E-state index in [0.717, 1.165) is 29.9 Å². The van der Waals surface area contributed by atoms with Gasteiger partial charge in [0.1, 0.15) is 16.0 Å². The van der Waals surface area contributed by atoms with Crippen LogP contribution in [0.5, 0.6) is 0 Å². The van der Waals surface area contributed by atoms with Crippen molar-refractivity contribution in [2.45, 2.75) is 45.8 Å². The van der Waals surface area contributed by atoms with Crippen LogP contribution in [0.15, 0.2) is 17.0 Å². The van der Waals surface area contributed by atoms with E-state index in [1.165, 1.54) is 0 Å². The van der Waals surface area contributed by atoms with Gasteiger partial charge in [0.15, 0.2) is 0 Å². The zero-order valence-corrected chi connectivity index (χ0v) is 15.1. The first-order valence-corrected chi connectivity index (χ1v) is 8.31. The highest BCUT2D eigenvalue weighted by atomic mass is 79.9. The highest BCUT2D eigenvalue weighted by Crippen LogP contribution is 2.21. The molecule has 1 aliphatic rings. The number of ether oxygens (including phenoxy) is 1. The Morgan fingerprint density at radius 2 is 2.09 bits per heavy atom. The van der Waals surface area contributed by atoms with E-state index in [1.54, 1.807) is 12.4 Å². The molecule has 7 heteroatoms. The van der Waals surface area contributed by atoms with Gasteiger partial charge in [-0.25, -0.2) is 14.8 Å². The highest BCUT2D eigenvalue weighted by molar-refractivity contribution is 9.10. The summed E-state index contributed by atoms with van der Waals surface area (Å²) < 4.78 is 6.22. The van der Waals surface area contributed by atoms with E-state index < -0.39 is 5.60 Å². The zero-order chi connectivity index (χ0) is 16.3. The van der Waals surface area contributed by atoms with E-state index in [1.807, 2.05) is 25.7 Å². The van der Waals surface area contributed by atoms with Crippen LogP contribution in [0.4, 0.5) is 10.6 Å². The van der Waals surface area contributed by atoms with Gasteiger partial charge >= 0.3 is 6.09 Å². The van der Waals surface area contributed by atoms with Crippen molar-refractivity contribution in [1.82, 2.24) is 14.9 Å². The van der Waals surface area contributed by atoms with E-state index in [2.05, 4.69) is 37.7 Å². The van der Waals surface area contributed by atoms with Crippen molar-refractivity contribution in [2.75, 3.05) is 24.5 Å². The SMILES string of the molecule is CC[C@H]1CN(c2cnc(Br)cn2)CCN1C(=O)OC(C)(C)C. The lowest BCUT2D eigenvalue weighted by Gasteiger charge is -2.41. The number of amides is 1. The number of halogens is 1. The molecule has 2 heterocycles. The summed E-state index contributed by atoms with van der Waals surface area (Å²) >= 11 is 3.29. The Balaban J connectivity index is 2.05. The van der Waals surface area contributed by atoms with E-state index in [0.29, 0.717) is 6.54 Å². The zero-order valence-electron chi connectivity index (χ0n) is 13.5. The van der Waals surface area contributed by atoms with Crippen molar-refractivity contribution in [2.24, 2.45) is 0 Å². The lowest BCUT2D eigenvalue weighted by atomic mass is 10.1. The maximum atomic E-state index is 12.3. The quantitative estimate of drug-likeness (QED) is 0.800. The lowest BCUT2D eigenvalue weighted by molar-refractivity contribution is 0.0136. The van der Waals surface area contributed by atoms with Gasteiger partial charge in [-0.1, -0.05) is 6.92 Å². The van der Waals surface area contributed by atoms with Gasteiger partial charge in [-0.2, -0.15) is 0 Å². The molecule has 0 radical (unpaired) electrons. The maximum absolute atomic E-state index is 12.3. The predicted molar refractivity (Wildman–Crippen MR) is 89.0 cm³/mol. The summed E-state index contributed by atoms with van der Waals surface area (Å²) in [4.78, 5) is 24.9. The summed E-state index contributed by atoms with van der Waals surface area (Å²) in [6.07, 6.45) is 4.08. The number of rotatable bonds is 2. The molecule has 0 aromatic carbocycles. The number of hydrogen-bond acceptors (Lipinski definition) is 5. The molecule has 0 bridgehead atoms. The first kappa shape index (κ1) is 17.0. The van der Waals surface area contributed by atoms with Crippen molar-refractivity contribution < 1.29 is 9.53 Å². The number of piperazine rings is 1. The average Bonchev–Trinajstić information content (AvgIpc) is 2.45. The number of carbonyl (C=O) groups is 1. The predicted octanol–water partition coefficient (Wildman–Crippen LogP) is 3.07. The molecule has 1 amide bonds. The molecule has 1 atom stereocenters. The van der Waals surface area contributed by atoms with E-state index in [-0.39, 0.29) is 12.1 Å². The van der Waals surface area contributed by atoms with Crippen LogP contribution in [-0.4, -0.2) is 52.2 Å². The van der Waals surface area contributed by atoms with Crippen molar-refractivity contribution in [3.05, 3.63) is 17.0 Å². The van der Waals surface area contributed by atoms with Gasteiger partial charge in [0.05, 0.1) is 18.4 Å². The second kappa shape index (κ2) is 6.81. The fourth-order valence-corrected chi connectivity index (χ4v) is 2.65. The van der Waals surface area contributed by atoms with E-state index in [4.69, 9.17) is 4.74 Å². The van der Waals surface area contributed by atoms with Crippen LogP contribution in [0.2, 0.25) is 0 Å². The first-order valence-electron chi connectivity index (χ1n) is 7.52. The summed E-state index contributed by atoms with van der Waals surface area (Å²) in [5.41, 5.74) is -0.469. The van der Waals surface area contributed by atoms with Crippen LogP contribution < -0.4 is 4.90 Å². The van der Waals surface area contributed by atoms with E-state index >= 15 is 0 Å². The standard InChI is InChI=1S/C15H23BrN4O2/c1-5-11-10-19(13-9-17-12(16)8-18-13)6-7-20(11)14(21)22-15(2,3)4/h8-9,11H,5-7,10H2,1-4H3/t11-/m0/s1. The summed E-state index contributed by atoms with van der Waals surface area (Å²) in [6.45, 7) is 9.85. The molecule has 0 N–H and O–H groups in total. The average molecular weight is 371 g/mol. The Kier molecular flexibility index (Phi) is 5.26. The highest BCUT2D eigenvalue weighted by Gasteiger charge is 2.32. The molecule has 1 saturated heterocycles. The number of hydrogen-bond donors (Lipinski definition) is 0. The Bertz CT molecular complexity index is 515. The monoisotopic (exact) mass is 370 g/mol. The van der Waals surface area contributed by atoms with Crippen LogP contribution in [0.1, 0.15) is 34.1 Å². The third-order valence-corrected chi connectivity index (χ3v) is 3.92. The minimum atomic E-state index is -0.469. The van der Waals surface area contributed by atoms with Crippen LogP contribution in [0.25, 0.3) is 0 Å². The van der Waals surface area contributed by atoms with Crippen molar-refractivity contribution in [3.63, 3.8) is 0 Å². The largest absolute Gasteiger partial charge is 0.444 e. The van der Waals surface area contributed by atoms with Gasteiger partial charge < -0.3 is 14.5 Å². The van der Waals surface area contributed by atoms with Crippen molar-refractivity contribution >= 4 is 27.8 Å². The second-order valence-electron chi connectivity index (χ2n) is 6.38. The second-order valence-corrected chi connectivity index (χ2v) is 7.19. The topological polar surface area (TPSA) is 58.6 Å². The van der Waals surface area contributed by atoms with Gasteiger partial charge in [0.2, 0.25) is 0 Å². The summed E-state index contributed by atoms with van der Waals surface area (Å²) in [5, 5.41) is 0. The molecule has 0 saturated carbocycles. The molecule has 1 fully saturated rings. The van der Waals surface area contributed by atoms with Crippen molar-refractivity contribution in [3.8, 4) is 0 Å². The third-order valence-electron chi connectivity index (χ3n) is 3.51. The van der Waals surface area contributed by atoms with Gasteiger partial charge in [-0.15, -0.1) is 0 Å². The lowest BCUT2D eigenvalue weighted by Crippen LogP contribution is -2.56. The molecular formula is C15H23BrN4O2. The molecule has 2 rings (SSSR count). The molecule has 0 aliphatic carbocycles. The fraction of sp³-hybridized carbons (Fsp3) is 0.667. The van der Waals surface area contributed by atoms with Gasteiger partial charge in [0.25, 0.3) is 0 Å². The number of nitrogens with zero attached hydrogens (tertiary/aromatic N) is 4. The Morgan fingerprint density at radius 3 is 2.64 bits per heavy atom. The number of carbonyl (C=O) groups excluding carboxylic acids is 1. The molecule has 1 aromatic rings. The molecule has 6 nitrogen and oxygen atoms in total. The summed E-state index contributed by atoms with van der Waals surface area (Å²) in [6, 6.07) is 0.119. The fourth-order valence-electron chi connectivity index (χ4n) is 2.44. The number of anilines is 1. The molecule has 0 spiro atoms. The molecule has 0 unspecified atom stereocenters. The maximum Gasteiger partial charge on any atom is 0.410 e. The van der Waals surface area contributed by atoms with Crippen LogP contribution >= 0.6 is 15.9 Å². The smallest absolute Gasteiger partial charge is 0.410 e. The first-order chi connectivity index (χ1) is 10.3. The van der Waals surface area contributed by atoms with Gasteiger partial charge in [-0.05, 0) is 43.1 Å². The van der Waals surface area contributed by atoms with Crippen molar-refractivity contribution in [1.29, 1.82) is 0 Å². The molecule has 1 aromatic heterocycles. The minimum absolute atomic E-state index is 0.119. The normalized spacial score (nSPS) is 19.2. The molecular weight excluding hydrogens is 348 g/mol. The van der Waals surface area contributed by atoms with Crippen LogP contribution in [-0.2, 0) is 4.74 Å². The minimum Gasteiger partial charge on any atom is -0.444 e.